The van der Waals surface area contributed by atoms with Crippen molar-refractivity contribution in [3.63, 3.8) is 0 Å². The van der Waals surface area contributed by atoms with Crippen molar-refractivity contribution in [2.45, 2.75) is 70.3 Å². The highest BCUT2D eigenvalue weighted by Crippen LogP contribution is 2.42. The number of hydrogen-bond donors (Lipinski definition) is 3. The standard InChI is InChI=1S/C50H60BrFN11O5P/c1-5-32-27-41(57-50-55-30-37(51)48(59-50)56-40-10-9-39-46(54-17-16-53-39)47(40)69(3,4)67)43(68-2)29-42(32)62-20-14-33(15-21-62)61-22-24-63(25-23-61)45(65)26-31-12-18-60(19-13-31)34-6-7-35(38(52)28-34)36-8-11-44(64)58-49(36)66/h6-7,9-10,16-17,27-31,33,36H,5,8,11-15,18-26H2,1-4H3,(H,58,64,66)(H2,55,56,57,59). The third-order valence-electron chi connectivity index (χ3n) is 14.2. The summed E-state index contributed by atoms with van der Waals surface area (Å²) in [5, 5.41) is 9.69. The molecule has 0 aliphatic carbocycles. The van der Waals surface area contributed by atoms with E-state index in [1.165, 1.54) is 11.6 Å². The van der Waals surface area contributed by atoms with E-state index in [0.717, 1.165) is 102 Å². The minimum atomic E-state index is -2.79. The first kappa shape index (κ1) is 48.3. The van der Waals surface area contributed by atoms with Gasteiger partial charge in [0.1, 0.15) is 30.0 Å². The van der Waals surface area contributed by atoms with E-state index >= 15 is 4.39 Å². The molecule has 0 spiro atoms. The molecule has 0 radical (unpaired) electrons. The van der Waals surface area contributed by atoms with Gasteiger partial charge >= 0.3 is 0 Å². The Balaban J connectivity index is 0.758. The van der Waals surface area contributed by atoms with Crippen molar-refractivity contribution < 1.29 is 28.1 Å². The van der Waals surface area contributed by atoms with Gasteiger partial charge in [0.2, 0.25) is 23.7 Å². The van der Waals surface area contributed by atoms with E-state index < -0.39 is 24.8 Å². The summed E-state index contributed by atoms with van der Waals surface area (Å²) in [4.78, 5) is 64.9. The third kappa shape index (κ3) is 10.7. The molecule has 6 heterocycles. The number of anilines is 6. The van der Waals surface area contributed by atoms with Gasteiger partial charge in [0.05, 0.1) is 39.7 Å². The van der Waals surface area contributed by atoms with Crippen molar-refractivity contribution in [3.05, 3.63) is 82.5 Å². The normalized spacial score (nSPS) is 18.9. The Morgan fingerprint density at radius 3 is 2.32 bits per heavy atom. The molecule has 4 aliphatic rings. The molecule has 2 aromatic heterocycles. The Labute approximate surface area is 410 Å². The lowest BCUT2D eigenvalue weighted by Gasteiger charge is -2.44. The fourth-order valence-corrected chi connectivity index (χ4v) is 12.1. The fraction of sp³-hybridized carbons (Fsp3) is 0.460. The molecule has 0 bridgehead atoms. The van der Waals surface area contributed by atoms with Crippen LogP contribution in [0.25, 0.3) is 11.0 Å². The SMILES string of the molecule is CCc1cc(Nc2ncc(Br)c(Nc3ccc4nccnc4c3P(C)(C)=O)n2)c(OC)cc1N1CCC(N2CCN(C(=O)CC3CCN(c4ccc(C5CCC(=O)NC5=O)c(F)c4)CC3)CC2)CC1. The highest BCUT2D eigenvalue weighted by atomic mass is 79.9. The largest absolute Gasteiger partial charge is 0.494 e. The molecule has 4 fully saturated rings. The predicted molar refractivity (Wildman–Crippen MR) is 272 cm³/mol. The van der Waals surface area contributed by atoms with Crippen LogP contribution in [0.5, 0.6) is 5.75 Å². The lowest BCUT2D eigenvalue weighted by atomic mass is 9.89. The Bertz CT molecular complexity index is 2790. The van der Waals surface area contributed by atoms with Crippen molar-refractivity contribution in [2.24, 2.45) is 5.92 Å². The number of fused-ring (bicyclic) bond motifs is 1. The van der Waals surface area contributed by atoms with Crippen LogP contribution >= 0.6 is 23.1 Å². The molecule has 1 atom stereocenters. The van der Waals surface area contributed by atoms with Crippen LogP contribution in [0.15, 0.2) is 65.5 Å². The topological polar surface area (TPSA) is 178 Å². The number of nitrogens with zero attached hydrogens (tertiary/aromatic N) is 8. The summed E-state index contributed by atoms with van der Waals surface area (Å²) in [7, 11) is -1.12. The number of piperazine rings is 1. The second-order valence-corrected chi connectivity index (χ2v) is 22.9. The van der Waals surface area contributed by atoms with Crippen LogP contribution in [0, 0.1) is 11.7 Å². The number of benzene rings is 3. The number of carbonyl (C=O) groups excluding carboxylic acids is 3. The number of amides is 3. The van der Waals surface area contributed by atoms with Crippen LogP contribution < -0.4 is 35.8 Å². The zero-order valence-corrected chi connectivity index (χ0v) is 42.1. The maximum absolute atomic E-state index is 15.2. The van der Waals surface area contributed by atoms with Crippen LogP contribution in [-0.2, 0) is 25.4 Å². The summed E-state index contributed by atoms with van der Waals surface area (Å²) >= 11 is 3.59. The molecule has 19 heteroatoms. The molecule has 364 valence electrons. The molecule has 69 heavy (non-hydrogen) atoms. The maximum Gasteiger partial charge on any atom is 0.234 e. The second kappa shape index (κ2) is 20.7. The molecular weight excluding hydrogens is 964 g/mol. The molecular formula is C50H60BrFN11O5P. The van der Waals surface area contributed by atoms with Gasteiger partial charge in [-0.1, -0.05) is 13.0 Å². The van der Waals surface area contributed by atoms with Crippen molar-refractivity contribution >= 4 is 91.6 Å². The van der Waals surface area contributed by atoms with Gasteiger partial charge in [0.25, 0.3) is 0 Å². The number of nitrogens with one attached hydrogen (secondary N) is 3. The molecule has 3 amide bonds. The minimum Gasteiger partial charge on any atom is -0.494 e. The monoisotopic (exact) mass is 1020 g/mol. The Morgan fingerprint density at radius 2 is 1.62 bits per heavy atom. The van der Waals surface area contributed by atoms with E-state index in [0.29, 0.717) is 68.5 Å². The van der Waals surface area contributed by atoms with Crippen LogP contribution in [0.4, 0.5) is 38.9 Å². The number of imide groups is 1. The van der Waals surface area contributed by atoms with Gasteiger partial charge in [0, 0.05) is 113 Å². The van der Waals surface area contributed by atoms with Crippen LogP contribution in [0.1, 0.15) is 68.9 Å². The van der Waals surface area contributed by atoms with Gasteiger partial charge < -0.3 is 34.6 Å². The number of piperidine rings is 3. The molecule has 3 aromatic carbocycles. The van der Waals surface area contributed by atoms with Gasteiger partial charge in [0.15, 0.2) is 0 Å². The summed E-state index contributed by atoms with van der Waals surface area (Å²) < 4.78 is 35.3. The highest BCUT2D eigenvalue weighted by molar-refractivity contribution is 9.10. The van der Waals surface area contributed by atoms with E-state index in [1.807, 2.05) is 23.1 Å². The van der Waals surface area contributed by atoms with Gasteiger partial charge in [-0.25, -0.2) is 9.37 Å². The van der Waals surface area contributed by atoms with Crippen LogP contribution in [-0.4, -0.2) is 126 Å². The van der Waals surface area contributed by atoms with Crippen molar-refractivity contribution in [1.29, 1.82) is 0 Å². The van der Waals surface area contributed by atoms with Crippen molar-refractivity contribution in [1.82, 2.24) is 35.1 Å². The molecule has 4 aliphatic heterocycles. The first-order valence-electron chi connectivity index (χ1n) is 24.0. The van der Waals surface area contributed by atoms with Crippen LogP contribution in [0.3, 0.4) is 0 Å². The van der Waals surface area contributed by atoms with E-state index in [1.54, 1.807) is 45.1 Å². The van der Waals surface area contributed by atoms with Crippen LogP contribution in [0.2, 0.25) is 0 Å². The van der Waals surface area contributed by atoms with Gasteiger partial charge in [-0.3, -0.25) is 34.6 Å². The molecule has 3 N–H and O–H groups in total. The zero-order valence-electron chi connectivity index (χ0n) is 39.6. The third-order valence-corrected chi connectivity index (χ3v) is 16.3. The van der Waals surface area contributed by atoms with E-state index in [4.69, 9.17) is 9.72 Å². The van der Waals surface area contributed by atoms with Crippen molar-refractivity contribution in [2.75, 3.05) is 93.2 Å². The van der Waals surface area contributed by atoms with Gasteiger partial charge in [-0.2, -0.15) is 4.98 Å². The number of carbonyl (C=O) groups is 3. The fourth-order valence-electron chi connectivity index (χ4n) is 10.5. The van der Waals surface area contributed by atoms with Gasteiger partial charge in [-0.05, 0) is 110 Å². The second-order valence-electron chi connectivity index (χ2n) is 18.9. The quantitative estimate of drug-likeness (QED) is 0.0777. The Kier molecular flexibility index (Phi) is 14.5. The lowest BCUT2D eigenvalue weighted by molar-refractivity contribution is -0.135. The number of ether oxygens (including phenoxy) is 1. The summed E-state index contributed by atoms with van der Waals surface area (Å²) in [6.07, 6.45) is 10.6. The number of halogens is 2. The number of aromatic nitrogens is 4. The van der Waals surface area contributed by atoms with E-state index in [2.05, 4.69) is 80.6 Å². The predicted octanol–water partition coefficient (Wildman–Crippen LogP) is 7.57. The Hall–Kier alpha value is -5.71. The summed E-state index contributed by atoms with van der Waals surface area (Å²) in [5.74, 6) is 0.219. The molecule has 4 saturated heterocycles. The Morgan fingerprint density at radius 1 is 0.884 bits per heavy atom. The van der Waals surface area contributed by atoms with Gasteiger partial charge in [-0.15, -0.1) is 0 Å². The zero-order chi connectivity index (χ0) is 48.4. The van der Waals surface area contributed by atoms with E-state index in [9.17, 15) is 18.9 Å². The van der Waals surface area contributed by atoms with Crippen molar-refractivity contribution in [3.8, 4) is 5.75 Å². The van der Waals surface area contributed by atoms with E-state index in [-0.39, 0.29) is 24.2 Å². The molecule has 9 rings (SSSR count). The summed E-state index contributed by atoms with van der Waals surface area (Å²) in [6, 6.07) is 13.4. The number of rotatable bonds is 13. The number of hydrogen-bond acceptors (Lipinski definition) is 14. The average Bonchev–Trinajstić information content (AvgIpc) is 3.35. The highest BCUT2D eigenvalue weighted by Gasteiger charge is 2.33. The maximum atomic E-state index is 15.2. The minimum absolute atomic E-state index is 0.208. The summed E-state index contributed by atoms with van der Waals surface area (Å²) in [6.45, 7) is 12.1. The first-order chi connectivity index (χ1) is 33.3. The smallest absolute Gasteiger partial charge is 0.234 e. The number of methoxy groups -OCH3 is 1. The summed E-state index contributed by atoms with van der Waals surface area (Å²) in [5.41, 5.74) is 6.09. The molecule has 5 aromatic rings. The molecule has 16 nitrogen and oxygen atoms in total. The average molecular weight is 1020 g/mol. The lowest BCUT2D eigenvalue weighted by Crippen LogP contribution is -2.54. The number of aryl methyl sites for hydroxylation is 1. The molecule has 1 unspecified atom stereocenters. The first-order valence-corrected chi connectivity index (χ1v) is 27.4. The molecule has 0 saturated carbocycles.